The van der Waals surface area contributed by atoms with Crippen molar-refractivity contribution < 1.29 is 4.79 Å². The maximum Gasteiger partial charge on any atom is 0.224 e. The van der Waals surface area contributed by atoms with Crippen LogP contribution in [0.15, 0.2) is 0 Å². The first-order chi connectivity index (χ1) is 8.19. The summed E-state index contributed by atoms with van der Waals surface area (Å²) in [6, 6.07) is 0. The third-order valence-corrected chi connectivity index (χ3v) is 3.70. The van der Waals surface area contributed by atoms with Gasteiger partial charge in [0.15, 0.2) is 0 Å². The standard InChI is InChI=1S/C10H17N5OS/c1-12-9(16)7-3-2-4-15(5-7)6-8-13-14-10(11)17-8/h7H,2-6H2,1H3,(H2,11,14)(H,12,16). The van der Waals surface area contributed by atoms with Crippen molar-refractivity contribution in [2.24, 2.45) is 5.92 Å². The third-order valence-electron chi connectivity index (χ3n) is 2.96. The lowest BCUT2D eigenvalue weighted by atomic mass is 9.97. The number of hydrogen-bond acceptors (Lipinski definition) is 6. The summed E-state index contributed by atoms with van der Waals surface area (Å²) in [7, 11) is 1.69. The summed E-state index contributed by atoms with van der Waals surface area (Å²) < 4.78 is 0. The van der Waals surface area contributed by atoms with Gasteiger partial charge in [0.2, 0.25) is 11.0 Å². The second-order valence-electron chi connectivity index (χ2n) is 4.22. The Morgan fingerprint density at radius 2 is 2.47 bits per heavy atom. The fraction of sp³-hybridized carbons (Fsp3) is 0.700. The molecule has 3 N–H and O–H groups in total. The van der Waals surface area contributed by atoms with Crippen molar-refractivity contribution in [3.05, 3.63) is 5.01 Å². The molecule has 0 spiro atoms. The highest BCUT2D eigenvalue weighted by Gasteiger charge is 2.25. The van der Waals surface area contributed by atoms with E-state index in [9.17, 15) is 4.79 Å². The van der Waals surface area contributed by atoms with Crippen LogP contribution in [-0.4, -0.2) is 41.1 Å². The average Bonchev–Trinajstić information content (AvgIpc) is 2.74. The Bertz CT molecular complexity index is 394. The molecule has 6 nitrogen and oxygen atoms in total. The van der Waals surface area contributed by atoms with E-state index in [1.54, 1.807) is 7.05 Å². The molecule has 0 aliphatic carbocycles. The van der Waals surface area contributed by atoms with Gasteiger partial charge in [0.1, 0.15) is 5.01 Å². The van der Waals surface area contributed by atoms with Crippen molar-refractivity contribution in [1.29, 1.82) is 0 Å². The van der Waals surface area contributed by atoms with Crippen LogP contribution < -0.4 is 11.1 Å². The molecule has 7 heteroatoms. The zero-order valence-electron chi connectivity index (χ0n) is 9.85. The van der Waals surface area contributed by atoms with Crippen LogP contribution in [0.1, 0.15) is 17.8 Å². The van der Waals surface area contributed by atoms with Crippen molar-refractivity contribution >= 4 is 22.4 Å². The molecule has 17 heavy (non-hydrogen) atoms. The number of rotatable bonds is 3. The first-order valence-electron chi connectivity index (χ1n) is 5.71. The fourth-order valence-electron chi connectivity index (χ4n) is 2.14. The second kappa shape index (κ2) is 5.42. The van der Waals surface area contributed by atoms with Crippen molar-refractivity contribution in [2.45, 2.75) is 19.4 Å². The van der Waals surface area contributed by atoms with Crippen LogP contribution in [-0.2, 0) is 11.3 Å². The summed E-state index contributed by atoms with van der Waals surface area (Å²) in [6.45, 7) is 2.54. The molecule has 0 aromatic carbocycles. The minimum atomic E-state index is 0.0963. The summed E-state index contributed by atoms with van der Waals surface area (Å²) in [6.07, 6.45) is 2.01. The quantitative estimate of drug-likeness (QED) is 0.799. The van der Waals surface area contributed by atoms with Crippen LogP contribution in [0.2, 0.25) is 0 Å². The molecule has 0 radical (unpaired) electrons. The van der Waals surface area contributed by atoms with E-state index >= 15 is 0 Å². The number of amides is 1. The van der Waals surface area contributed by atoms with Gasteiger partial charge in [0, 0.05) is 13.6 Å². The zero-order chi connectivity index (χ0) is 12.3. The number of hydrogen-bond donors (Lipinski definition) is 2. The molecule has 1 unspecified atom stereocenters. The predicted molar refractivity (Wildman–Crippen MR) is 66.4 cm³/mol. The molecule has 94 valence electrons. The van der Waals surface area contributed by atoms with Gasteiger partial charge in [0.05, 0.1) is 12.5 Å². The SMILES string of the molecule is CNC(=O)C1CCCN(Cc2nnc(N)s2)C1. The van der Waals surface area contributed by atoms with Crippen molar-refractivity contribution in [3.63, 3.8) is 0 Å². The highest BCUT2D eigenvalue weighted by Crippen LogP contribution is 2.20. The van der Waals surface area contributed by atoms with Crippen molar-refractivity contribution in [1.82, 2.24) is 20.4 Å². The number of carbonyl (C=O) groups is 1. The number of aromatic nitrogens is 2. The van der Waals surface area contributed by atoms with E-state index in [1.807, 2.05) is 0 Å². The molecule has 1 saturated heterocycles. The fourth-order valence-corrected chi connectivity index (χ4v) is 2.79. The van der Waals surface area contributed by atoms with E-state index in [0.29, 0.717) is 5.13 Å². The van der Waals surface area contributed by atoms with E-state index in [-0.39, 0.29) is 11.8 Å². The molecular weight excluding hydrogens is 238 g/mol. The van der Waals surface area contributed by atoms with Crippen LogP contribution in [0, 0.1) is 5.92 Å². The highest BCUT2D eigenvalue weighted by atomic mass is 32.1. The predicted octanol–water partition coefficient (Wildman–Crippen LogP) is 0.0783. The highest BCUT2D eigenvalue weighted by molar-refractivity contribution is 7.15. The molecule has 1 aliphatic rings. The van der Waals surface area contributed by atoms with E-state index in [1.165, 1.54) is 11.3 Å². The number of nitrogens with zero attached hydrogens (tertiary/aromatic N) is 3. The number of carbonyl (C=O) groups excluding carboxylic acids is 1. The van der Waals surface area contributed by atoms with Crippen LogP contribution >= 0.6 is 11.3 Å². The first kappa shape index (κ1) is 12.3. The lowest BCUT2D eigenvalue weighted by Crippen LogP contribution is -2.41. The largest absolute Gasteiger partial charge is 0.374 e. The number of piperidine rings is 1. The number of nitrogens with two attached hydrogens (primary N) is 1. The molecule has 2 rings (SSSR count). The summed E-state index contributed by atoms with van der Waals surface area (Å²) in [5.41, 5.74) is 5.54. The van der Waals surface area contributed by atoms with Crippen molar-refractivity contribution in [3.8, 4) is 0 Å². The summed E-state index contributed by atoms with van der Waals surface area (Å²) in [4.78, 5) is 13.8. The van der Waals surface area contributed by atoms with Gasteiger partial charge in [-0.05, 0) is 19.4 Å². The third kappa shape index (κ3) is 3.13. The topological polar surface area (TPSA) is 84.1 Å². The maximum absolute atomic E-state index is 11.6. The minimum Gasteiger partial charge on any atom is -0.374 e. The van der Waals surface area contributed by atoms with Gasteiger partial charge in [-0.3, -0.25) is 9.69 Å². The lowest BCUT2D eigenvalue weighted by Gasteiger charge is -2.30. The van der Waals surface area contributed by atoms with Gasteiger partial charge in [0.25, 0.3) is 0 Å². The van der Waals surface area contributed by atoms with E-state index in [2.05, 4.69) is 20.4 Å². The normalized spacial score (nSPS) is 21.4. The number of likely N-dealkylation sites (tertiary alicyclic amines) is 1. The molecule has 0 bridgehead atoms. The van der Waals surface area contributed by atoms with E-state index in [4.69, 9.17) is 5.73 Å². The molecule has 1 aliphatic heterocycles. The second-order valence-corrected chi connectivity index (χ2v) is 5.32. The Morgan fingerprint density at radius 1 is 1.65 bits per heavy atom. The van der Waals surface area contributed by atoms with Crippen LogP contribution in [0.25, 0.3) is 0 Å². The molecule has 1 amide bonds. The molecule has 1 fully saturated rings. The molecule has 0 saturated carbocycles. The van der Waals surface area contributed by atoms with Gasteiger partial charge in [-0.25, -0.2) is 0 Å². The molecule has 1 atom stereocenters. The van der Waals surface area contributed by atoms with Gasteiger partial charge in [-0.2, -0.15) is 0 Å². The number of nitrogens with one attached hydrogen (secondary N) is 1. The van der Waals surface area contributed by atoms with Crippen LogP contribution in [0.3, 0.4) is 0 Å². The summed E-state index contributed by atoms with van der Waals surface area (Å²) in [5, 5.41) is 11.9. The number of nitrogen functional groups attached to an aromatic ring is 1. The lowest BCUT2D eigenvalue weighted by molar-refractivity contribution is -0.126. The molecule has 2 heterocycles. The molecular formula is C10H17N5OS. The Labute approximate surface area is 104 Å². The Balaban J connectivity index is 1.91. The van der Waals surface area contributed by atoms with Gasteiger partial charge >= 0.3 is 0 Å². The van der Waals surface area contributed by atoms with E-state index in [0.717, 1.165) is 37.5 Å². The summed E-state index contributed by atoms with van der Waals surface area (Å²) in [5.74, 6) is 0.227. The van der Waals surface area contributed by atoms with Crippen LogP contribution in [0.4, 0.5) is 5.13 Å². The zero-order valence-corrected chi connectivity index (χ0v) is 10.7. The Morgan fingerprint density at radius 3 is 3.12 bits per heavy atom. The van der Waals surface area contributed by atoms with Gasteiger partial charge in [-0.15, -0.1) is 10.2 Å². The smallest absolute Gasteiger partial charge is 0.224 e. The van der Waals surface area contributed by atoms with Crippen LogP contribution in [0.5, 0.6) is 0 Å². The Kier molecular flexibility index (Phi) is 3.90. The van der Waals surface area contributed by atoms with Crippen molar-refractivity contribution in [2.75, 3.05) is 25.9 Å². The maximum atomic E-state index is 11.6. The van der Waals surface area contributed by atoms with Gasteiger partial charge in [-0.1, -0.05) is 11.3 Å². The molecule has 1 aromatic heterocycles. The molecule has 1 aromatic rings. The monoisotopic (exact) mass is 255 g/mol. The average molecular weight is 255 g/mol. The van der Waals surface area contributed by atoms with Gasteiger partial charge < -0.3 is 11.1 Å². The first-order valence-corrected chi connectivity index (χ1v) is 6.52. The summed E-state index contributed by atoms with van der Waals surface area (Å²) >= 11 is 1.41. The van der Waals surface area contributed by atoms with E-state index < -0.39 is 0 Å². The Hall–Kier alpha value is -1.21. The number of anilines is 1. The minimum absolute atomic E-state index is 0.0963.